The van der Waals surface area contributed by atoms with Gasteiger partial charge in [0.05, 0.1) is 5.56 Å². The van der Waals surface area contributed by atoms with Crippen molar-refractivity contribution in [3.05, 3.63) is 51.2 Å². The van der Waals surface area contributed by atoms with E-state index in [1.165, 1.54) is 34.3 Å². The Morgan fingerprint density at radius 2 is 2.00 bits per heavy atom. The predicted molar refractivity (Wildman–Crippen MR) is 99.4 cm³/mol. The number of benzene rings is 1. The molecule has 2 heterocycles. The lowest BCUT2D eigenvalue weighted by atomic mass is 10.1. The van der Waals surface area contributed by atoms with Crippen LogP contribution >= 0.6 is 23.1 Å². The standard InChI is InChI=1S/C18H18F3N3S2/c1-4-14-11(2)25-10-15(14)16-22-23-17(24(16)3)26-9-12-6-5-7-13(8-12)18(19,20)21/h5-8,10H,4,9H2,1-3H3. The molecule has 0 saturated heterocycles. The third kappa shape index (κ3) is 3.81. The molecule has 8 heteroatoms. The van der Waals surface area contributed by atoms with E-state index in [9.17, 15) is 13.2 Å². The van der Waals surface area contributed by atoms with Gasteiger partial charge in [-0.2, -0.15) is 13.2 Å². The highest BCUT2D eigenvalue weighted by Crippen LogP contribution is 2.33. The Morgan fingerprint density at radius 1 is 1.23 bits per heavy atom. The molecule has 3 rings (SSSR count). The molecule has 0 aliphatic heterocycles. The number of halogens is 3. The van der Waals surface area contributed by atoms with Crippen LogP contribution in [0.1, 0.15) is 28.5 Å². The van der Waals surface area contributed by atoms with E-state index in [4.69, 9.17) is 0 Å². The average Bonchev–Trinajstić information content (AvgIpc) is 3.14. The van der Waals surface area contributed by atoms with Crippen molar-refractivity contribution in [3.8, 4) is 11.4 Å². The number of aryl methyl sites for hydroxylation is 1. The Balaban J connectivity index is 1.79. The zero-order chi connectivity index (χ0) is 18.9. The molecule has 0 aliphatic carbocycles. The van der Waals surface area contributed by atoms with Crippen molar-refractivity contribution < 1.29 is 13.2 Å². The first-order valence-corrected chi connectivity index (χ1v) is 9.93. The number of hydrogen-bond donors (Lipinski definition) is 0. The molecular weight excluding hydrogens is 379 g/mol. The van der Waals surface area contributed by atoms with Crippen LogP contribution in [-0.2, 0) is 25.4 Å². The fraction of sp³-hybridized carbons (Fsp3) is 0.333. The summed E-state index contributed by atoms with van der Waals surface area (Å²) in [7, 11) is 1.89. The minimum absolute atomic E-state index is 0.402. The number of rotatable bonds is 5. The summed E-state index contributed by atoms with van der Waals surface area (Å²) in [5.41, 5.74) is 2.32. The van der Waals surface area contributed by atoms with Crippen LogP contribution in [0.15, 0.2) is 34.8 Å². The number of nitrogens with zero attached hydrogens (tertiary/aromatic N) is 3. The maximum atomic E-state index is 12.8. The lowest BCUT2D eigenvalue weighted by Gasteiger charge is -2.08. The Kier molecular flexibility index (Phi) is 5.43. The van der Waals surface area contributed by atoms with Gasteiger partial charge in [0.1, 0.15) is 0 Å². The summed E-state index contributed by atoms with van der Waals surface area (Å²) in [6.07, 6.45) is -3.41. The molecule has 3 aromatic rings. The molecule has 0 aliphatic rings. The topological polar surface area (TPSA) is 30.7 Å². The van der Waals surface area contributed by atoms with Crippen LogP contribution in [0.25, 0.3) is 11.4 Å². The van der Waals surface area contributed by atoms with Crippen LogP contribution in [-0.4, -0.2) is 14.8 Å². The quantitative estimate of drug-likeness (QED) is 0.516. The predicted octanol–water partition coefficient (Wildman–Crippen LogP) is 5.73. The molecule has 26 heavy (non-hydrogen) atoms. The minimum Gasteiger partial charge on any atom is -0.305 e. The van der Waals surface area contributed by atoms with E-state index in [2.05, 4.69) is 29.4 Å². The zero-order valence-corrected chi connectivity index (χ0v) is 16.2. The van der Waals surface area contributed by atoms with Crippen molar-refractivity contribution in [1.82, 2.24) is 14.8 Å². The van der Waals surface area contributed by atoms with Crippen molar-refractivity contribution >= 4 is 23.1 Å². The van der Waals surface area contributed by atoms with Crippen LogP contribution < -0.4 is 0 Å². The highest BCUT2D eigenvalue weighted by atomic mass is 32.2. The summed E-state index contributed by atoms with van der Waals surface area (Å²) in [6, 6.07) is 5.39. The molecule has 0 N–H and O–H groups in total. The lowest BCUT2D eigenvalue weighted by Crippen LogP contribution is -2.05. The molecule has 138 valence electrons. The minimum atomic E-state index is -4.33. The molecular formula is C18H18F3N3S2. The first-order valence-electron chi connectivity index (χ1n) is 8.07. The Hall–Kier alpha value is -1.80. The van der Waals surface area contributed by atoms with Gasteiger partial charge in [-0.25, -0.2) is 0 Å². The van der Waals surface area contributed by atoms with Crippen molar-refractivity contribution in [2.75, 3.05) is 0 Å². The van der Waals surface area contributed by atoms with Crippen LogP contribution in [0.2, 0.25) is 0 Å². The Labute approximate surface area is 158 Å². The fourth-order valence-electron chi connectivity index (χ4n) is 2.77. The maximum Gasteiger partial charge on any atom is 0.416 e. The molecule has 0 atom stereocenters. The van der Waals surface area contributed by atoms with Gasteiger partial charge in [-0.05, 0) is 30.5 Å². The van der Waals surface area contributed by atoms with Gasteiger partial charge in [0.2, 0.25) is 0 Å². The van der Waals surface area contributed by atoms with E-state index in [1.54, 1.807) is 17.4 Å². The van der Waals surface area contributed by atoms with E-state index >= 15 is 0 Å². The molecule has 0 saturated carbocycles. The summed E-state index contributed by atoms with van der Waals surface area (Å²) >= 11 is 3.07. The number of hydrogen-bond acceptors (Lipinski definition) is 4. The number of thiophene rings is 1. The number of aromatic nitrogens is 3. The SMILES string of the molecule is CCc1c(-c2nnc(SCc3cccc(C(F)(F)F)c3)n2C)csc1C. The van der Waals surface area contributed by atoms with Crippen LogP contribution in [0.3, 0.4) is 0 Å². The summed E-state index contributed by atoms with van der Waals surface area (Å²) in [6.45, 7) is 4.20. The van der Waals surface area contributed by atoms with Gasteiger partial charge in [0.25, 0.3) is 0 Å². The molecule has 0 amide bonds. The molecule has 0 fully saturated rings. The van der Waals surface area contributed by atoms with Gasteiger partial charge in [0, 0.05) is 28.6 Å². The van der Waals surface area contributed by atoms with Crippen molar-refractivity contribution in [2.45, 2.75) is 37.4 Å². The van der Waals surface area contributed by atoms with Crippen LogP contribution in [0, 0.1) is 6.92 Å². The second kappa shape index (κ2) is 7.44. The van der Waals surface area contributed by atoms with Crippen molar-refractivity contribution in [1.29, 1.82) is 0 Å². The van der Waals surface area contributed by atoms with Gasteiger partial charge in [-0.3, -0.25) is 0 Å². The summed E-state index contributed by atoms with van der Waals surface area (Å²) in [5.74, 6) is 1.19. The van der Waals surface area contributed by atoms with Crippen molar-refractivity contribution in [2.24, 2.45) is 7.05 Å². The average molecular weight is 397 g/mol. The zero-order valence-electron chi connectivity index (χ0n) is 14.6. The van der Waals surface area contributed by atoms with E-state index in [0.717, 1.165) is 23.9 Å². The van der Waals surface area contributed by atoms with Crippen LogP contribution in [0.5, 0.6) is 0 Å². The normalized spacial score (nSPS) is 11.9. The second-order valence-electron chi connectivity index (χ2n) is 5.89. The smallest absolute Gasteiger partial charge is 0.305 e. The highest BCUT2D eigenvalue weighted by molar-refractivity contribution is 7.98. The first-order chi connectivity index (χ1) is 12.3. The lowest BCUT2D eigenvalue weighted by molar-refractivity contribution is -0.137. The van der Waals surface area contributed by atoms with E-state index < -0.39 is 11.7 Å². The van der Waals surface area contributed by atoms with Gasteiger partial charge >= 0.3 is 6.18 Å². The van der Waals surface area contributed by atoms with Crippen LogP contribution in [0.4, 0.5) is 13.2 Å². The monoisotopic (exact) mass is 397 g/mol. The maximum absolute atomic E-state index is 12.8. The molecule has 3 nitrogen and oxygen atoms in total. The summed E-state index contributed by atoms with van der Waals surface area (Å²) in [4.78, 5) is 1.27. The third-order valence-corrected chi connectivity index (χ3v) is 6.20. The van der Waals surface area contributed by atoms with E-state index in [1.807, 2.05) is 11.6 Å². The first kappa shape index (κ1) is 19.0. The summed E-state index contributed by atoms with van der Waals surface area (Å²) in [5, 5.41) is 11.3. The van der Waals surface area contributed by atoms with E-state index in [0.29, 0.717) is 16.5 Å². The molecule has 0 unspecified atom stereocenters. The van der Waals surface area contributed by atoms with E-state index in [-0.39, 0.29) is 0 Å². The second-order valence-corrected chi connectivity index (χ2v) is 7.92. The highest BCUT2D eigenvalue weighted by Gasteiger charge is 2.30. The fourth-order valence-corrected chi connectivity index (χ4v) is 4.56. The van der Waals surface area contributed by atoms with Gasteiger partial charge in [-0.15, -0.1) is 21.5 Å². The third-order valence-electron chi connectivity index (χ3n) is 4.16. The number of thioether (sulfide) groups is 1. The molecule has 1 aromatic carbocycles. The molecule has 2 aromatic heterocycles. The Morgan fingerprint density at radius 3 is 2.69 bits per heavy atom. The largest absolute Gasteiger partial charge is 0.416 e. The van der Waals surface area contributed by atoms with Crippen molar-refractivity contribution in [3.63, 3.8) is 0 Å². The number of alkyl halides is 3. The van der Waals surface area contributed by atoms with Gasteiger partial charge < -0.3 is 4.57 Å². The van der Waals surface area contributed by atoms with Gasteiger partial charge in [0.15, 0.2) is 11.0 Å². The molecule has 0 spiro atoms. The Bertz CT molecular complexity index is 913. The van der Waals surface area contributed by atoms with Gasteiger partial charge in [-0.1, -0.05) is 36.9 Å². The summed E-state index contributed by atoms with van der Waals surface area (Å²) < 4.78 is 40.4. The molecule has 0 bridgehead atoms. The molecule has 0 radical (unpaired) electrons.